The zero-order chi connectivity index (χ0) is 12.5. The molecular formula is C11H9ClN4S2. The molecule has 3 aromatic heterocycles. The Morgan fingerprint density at radius 2 is 2.22 bits per heavy atom. The number of fused-ring (bicyclic) bond motifs is 1. The van der Waals surface area contributed by atoms with Crippen LogP contribution in [-0.2, 0) is 6.54 Å². The van der Waals surface area contributed by atoms with Crippen LogP contribution in [0.1, 0.15) is 10.6 Å². The average Bonchev–Trinajstić information content (AvgIpc) is 2.94. The molecule has 0 aromatic carbocycles. The van der Waals surface area contributed by atoms with Gasteiger partial charge in [0.05, 0.1) is 22.0 Å². The topological polar surface area (TPSA) is 50.7 Å². The number of halogens is 1. The fourth-order valence-electron chi connectivity index (χ4n) is 1.67. The van der Waals surface area contributed by atoms with Crippen LogP contribution in [0.15, 0.2) is 18.5 Å². The lowest BCUT2D eigenvalue weighted by Crippen LogP contribution is -2.00. The Balaban J connectivity index is 1.88. The van der Waals surface area contributed by atoms with E-state index in [2.05, 4.69) is 19.7 Å². The summed E-state index contributed by atoms with van der Waals surface area (Å²) in [6.07, 6.45) is 1.56. The minimum atomic E-state index is 0.707. The predicted octanol–water partition coefficient (Wildman–Crippen LogP) is 3.72. The summed E-state index contributed by atoms with van der Waals surface area (Å²) >= 11 is 8.86. The van der Waals surface area contributed by atoms with Gasteiger partial charge in [0.1, 0.15) is 17.0 Å². The van der Waals surface area contributed by atoms with Gasteiger partial charge in [0, 0.05) is 4.88 Å². The molecule has 0 saturated heterocycles. The minimum absolute atomic E-state index is 0.707. The molecule has 0 radical (unpaired) electrons. The quantitative estimate of drug-likeness (QED) is 0.800. The average molecular weight is 297 g/mol. The van der Waals surface area contributed by atoms with Gasteiger partial charge in [-0.2, -0.15) is 4.37 Å². The van der Waals surface area contributed by atoms with Crippen molar-refractivity contribution >= 4 is 50.5 Å². The highest BCUT2D eigenvalue weighted by atomic mass is 35.5. The Hall–Kier alpha value is -1.24. The van der Waals surface area contributed by atoms with Crippen molar-refractivity contribution in [2.24, 2.45) is 0 Å². The van der Waals surface area contributed by atoms with E-state index in [4.69, 9.17) is 11.6 Å². The second-order valence-electron chi connectivity index (χ2n) is 3.73. The number of nitrogens with one attached hydrogen (secondary N) is 1. The first-order valence-electron chi connectivity index (χ1n) is 5.29. The molecule has 7 heteroatoms. The molecule has 0 amide bonds. The van der Waals surface area contributed by atoms with Gasteiger partial charge in [-0.3, -0.25) is 0 Å². The summed E-state index contributed by atoms with van der Waals surface area (Å²) in [5.74, 6) is 0.829. The molecule has 0 saturated carbocycles. The molecule has 0 fully saturated rings. The summed E-state index contributed by atoms with van der Waals surface area (Å²) in [6, 6.07) is 3.91. The lowest BCUT2D eigenvalue weighted by molar-refractivity contribution is 1.13. The van der Waals surface area contributed by atoms with Gasteiger partial charge < -0.3 is 5.32 Å². The molecule has 3 aromatic rings. The van der Waals surface area contributed by atoms with Crippen LogP contribution in [0.5, 0.6) is 0 Å². The molecule has 92 valence electrons. The van der Waals surface area contributed by atoms with Crippen molar-refractivity contribution < 1.29 is 0 Å². The maximum absolute atomic E-state index is 5.90. The number of rotatable bonds is 3. The van der Waals surface area contributed by atoms with Crippen molar-refractivity contribution in [2.75, 3.05) is 5.32 Å². The third-order valence-electron chi connectivity index (χ3n) is 2.50. The van der Waals surface area contributed by atoms with Crippen LogP contribution in [-0.4, -0.2) is 14.3 Å². The fourth-order valence-corrected chi connectivity index (χ4v) is 3.45. The van der Waals surface area contributed by atoms with Crippen LogP contribution < -0.4 is 5.32 Å². The lowest BCUT2D eigenvalue weighted by Gasteiger charge is -2.04. The molecular weight excluding hydrogens is 288 g/mol. The Kier molecular flexibility index (Phi) is 3.15. The Bertz CT molecular complexity index is 691. The summed E-state index contributed by atoms with van der Waals surface area (Å²) in [5.41, 5.74) is 0.960. The van der Waals surface area contributed by atoms with Crippen LogP contribution >= 0.6 is 34.5 Å². The summed E-state index contributed by atoms with van der Waals surface area (Å²) < 4.78 is 5.10. The van der Waals surface area contributed by atoms with E-state index in [1.807, 2.05) is 19.1 Å². The van der Waals surface area contributed by atoms with Crippen LogP contribution in [0.2, 0.25) is 4.34 Å². The largest absolute Gasteiger partial charge is 0.364 e. The SMILES string of the molecule is Cc1nsc2ncnc(NCc3ccc(Cl)s3)c12. The highest BCUT2D eigenvalue weighted by molar-refractivity contribution is 7.16. The normalized spacial score (nSPS) is 11.0. The van der Waals surface area contributed by atoms with Crippen molar-refractivity contribution in [3.63, 3.8) is 0 Å². The fraction of sp³-hybridized carbons (Fsp3) is 0.182. The van der Waals surface area contributed by atoms with E-state index in [0.29, 0.717) is 6.54 Å². The van der Waals surface area contributed by atoms with Crippen molar-refractivity contribution in [1.29, 1.82) is 0 Å². The second kappa shape index (κ2) is 4.79. The van der Waals surface area contributed by atoms with Crippen molar-refractivity contribution in [3.05, 3.63) is 33.4 Å². The summed E-state index contributed by atoms with van der Waals surface area (Å²) in [7, 11) is 0. The van der Waals surface area contributed by atoms with E-state index >= 15 is 0 Å². The molecule has 0 bridgehead atoms. The standard InChI is InChI=1S/C11H9ClN4S2/c1-6-9-10(14-5-15-11(9)18-16-6)13-4-7-2-3-8(12)17-7/h2-3,5H,4H2,1H3,(H,13,14,15). The van der Waals surface area contributed by atoms with Crippen molar-refractivity contribution in [3.8, 4) is 0 Å². The number of thiophene rings is 1. The lowest BCUT2D eigenvalue weighted by atomic mass is 10.3. The minimum Gasteiger partial charge on any atom is -0.364 e. The number of nitrogens with zero attached hydrogens (tertiary/aromatic N) is 3. The van der Waals surface area contributed by atoms with E-state index in [1.165, 1.54) is 16.4 Å². The molecule has 0 aliphatic carbocycles. The smallest absolute Gasteiger partial charge is 0.149 e. The molecule has 0 spiro atoms. The summed E-state index contributed by atoms with van der Waals surface area (Å²) in [5, 5.41) is 4.32. The Morgan fingerprint density at radius 3 is 3.00 bits per heavy atom. The van der Waals surface area contributed by atoms with Gasteiger partial charge in [-0.25, -0.2) is 9.97 Å². The number of aryl methyl sites for hydroxylation is 1. The van der Waals surface area contributed by atoms with Gasteiger partial charge in [-0.1, -0.05) is 11.6 Å². The highest BCUT2D eigenvalue weighted by Crippen LogP contribution is 2.27. The van der Waals surface area contributed by atoms with Crippen molar-refractivity contribution in [1.82, 2.24) is 14.3 Å². The second-order valence-corrected chi connectivity index (χ2v) is 6.28. The van der Waals surface area contributed by atoms with E-state index in [1.54, 1.807) is 17.7 Å². The number of aromatic nitrogens is 3. The van der Waals surface area contributed by atoms with E-state index in [9.17, 15) is 0 Å². The number of hydrogen-bond acceptors (Lipinski definition) is 6. The zero-order valence-corrected chi connectivity index (χ0v) is 11.9. The Labute approximate surface area is 117 Å². The van der Waals surface area contributed by atoms with Crippen LogP contribution in [0.4, 0.5) is 5.82 Å². The van der Waals surface area contributed by atoms with E-state index < -0.39 is 0 Å². The molecule has 1 N–H and O–H groups in total. The van der Waals surface area contributed by atoms with Gasteiger partial charge in [-0.15, -0.1) is 11.3 Å². The molecule has 0 unspecified atom stereocenters. The van der Waals surface area contributed by atoms with Gasteiger partial charge >= 0.3 is 0 Å². The number of anilines is 1. The first-order chi connectivity index (χ1) is 8.74. The third-order valence-corrected chi connectivity index (χ3v) is 4.58. The molecule has 4 nitrogen and oxygen atoms in total. The van der Waals surface area contributed by atoms with Gasteiger partial charge in [0.2, 0.25) is 0 Å². The van der Waals surface area contributed by atoms with Crippen LogP contribution in [0.25, 0.3) is 10.2 Å². The van der Waals surface area contributed by atoms with E-state index in [-0.39, 0.29) is 0 Å². The first kappa shape index (κ1) is 11.8. The number of hydrogen-bond donors (Lipinski definition) is 1. The third kappa shape index (κ3) is 2.19. The molecule has 0 aliphatic heterocycles. The molecule has 3 rings (SSSR count). The highest BCUT2D eigenvalue weighted by Gasteiger charge is 2.09. The monoisotopic (exact) mass is 296 g/mol. The molecule has 3 heterocycles. The van der Waals surface area contributed by atoms with E-state index in [0.717, 1.165) is 26.1 Å². The maximum atomic E-state index is 5.90. The summed E-state index contributed by atoms with van der Waals surface area (Å²) in [6.45, 7) is 2.67. The molecule has 0 atom stereocenters. The Morgan fingerprint density at radius 1 is 1.33 bits per heavy atom. The van der Waals surface area contributed by atoms with Gasteiger partial charge in [0.25, 0.3) is 0 Å². The molecule has 0 aliphatic rings. The first-order valence-corrected chi connectivity index (χ1v) is 7.26. The van der Waals surface area contributed by atoms with Crippen molar-refractivity contribution in [2.45, 2.75) is 13.5 Å². The maximum Gasteiger partial charge on any atom is 0.149 e. The van der Waals surface area contributed by atoms with Gasteiger partial charge in [0.15, 0.2) is 0 Å². The molecule has 18 heavy (non-hydrogen) atoms. The predicted molar refractivity (Wildman–Crippen MR) is 76.6 cm³/mol. The zero-order valence-electron chi connectivity index (χ0n) is 9.48. The van der Waals surface area contributed by atoms with Crippen LogP contribution in [0.3, 0.4) is 0 Å². The van der Waals surface area contributed by atoms with Crippen LogP contribution in [0, 0.1) is 6.92 Å². The summed E-state index contributed by atoms with van der Waals surface area (Å²) in [4.78, 5) is 10.6. The van der Waals surface area contributed by atoms with Gasteiger partial charge in [-0.05, 0) is 30.6 Å².